The summed E-state index contributed by atoms with van der Waals surface area (Å²) in [6.45, 7) is 0.467. The lowest BCUT2D eigenvalue weighted by atomic mass is 10.2. The summed E-state index contributed by atoms with van der Waals surface area (Å²) in [5.74, 6) is 0.0589. The van der Waals surface area contributed by atoms with E-state index in [1.807, 2.05) is 6.07 Å². The van der Waals surface area contributed by atoms with Crippen LogP contribution in [-0.2, 0) is 17.5 Å². The van der Waals surface area contributed by atoms with E-state index in [-0.39, 0.29) is 23.7 Å². The molecule has 1 aromatic heterocycles. The fourth-order valence-corrected chi connectivity index (χ4v) is 2.40. The number of halogens is 4. The molecule has 0 saturated carbocycles. The number of carbonyl (C=O) groups excluding carboxylic acids is 1. The first kappa shape index (κ1) is 19.8. The second-order valence-corrected chi connectivity index (χ2v) is 5.85. The number of nitrogens with zero attached hydrogens (tertiary/aromatic N) is 2. The van der Waals surface area contributed by atoms with Crippen LogP contribution in [0.1, 0.15) is 17.7 Å². The molecular weight excluding hydrogens is 371 g/mol. The molecule has 0 aliphatic heterocycles. The van der Waals surface area contributed by atoms with E-state index in [9.17, 15) is 18.0 Å². The molecule has 0 spiro atoms. The summed E-state index contributed by atoms with van der Waals surface area (Å²) in [5, 5.41) is 11.1. The highest BCUT2D eigenvalue weighted by Gasteiger charge is 2.31. The van der Waals surface area contributed by atoms with Crippen LogP contribution in [-0.4, -0.2) is 23.9 Å². The average molecular weight is 386 g/mol. The molecule has 0 bridgehead atoms. The summed E-state index contributed by atoms with van der Waals surface area (Å²) in [4.78, 5) is 13.9. The minimum Gasteiger partial charge on any atom is -0.468 e. The van der Waals surface area contributed by atoms with Gasteiger partial charge in [-0.2, -0.15) is 18.4 Å². The highest BCUT2D eigenvalue weighted by Crippen LogP contribution is 2.33. The van der Waals surface area contributed by atoms with Crippen LogP contribution in [0.3, 0.4) is 0 Å². The normalized spacial score (nSPS) is 11.4. The van der Waals surface area contributed by atoms with Crippen LogP contribution >= 0.6 is 11.6 Å². The van der Waals surface area contributed by atoms with E-state index in [1.165, 1.54) is 6.26 Å². The average Bonchev–Trinajstić information content (AvgIpc) is 3.06. The van der Waals surface area contributed by atoms with Crippen LogP contribution in [0.4, 0.5) is 18.9 Å². The maximum atomic E-state index is 12.8. The molecule has 9 heteroatoms. The molecule has 0 atom stereocenters. The zero-order valence-electron chi connectivity index (χ0n) is 13.5. The van der Waals surface area contributed by atoms with Crippen LogP contribution < -0.4 is 5.32 Å². The molecule has 1 amide bonds. The van der Waals surface area contributed by atoms with Gasteiger partial charge in [-0.05, 0) is 30.3 Å². The lowest BCUT2D eigenvalue weighted by molar-refractivity contribution is -0.137. The Bertz CT molecular complexity index is 786. The number of anilines is 1. The maximum Gasteiger partial charge on any atom is 0.416 e. The number of rotatable bonds is 7. The van der Waals surface area contributed by atoms with E-state index >= 15 is 0 Å². The fourth-order valence-electron chi connectivity index (χ4n) is 2.24. The number of alkyl halides is 3. The van der Waals surface area contributed by atoms with Crippen LogP contribution in [0, 0.1) is 11.3 Å². The molecule has 0 saturated heterocycles. The van der Waals surface area contributed by atoms with E-state index in [4.69, 9.17) is 21.3 Å². The molecular formula is C17H15ClF3N3O2. The SMILES string of the molecule is N#CCCN(CC(=O)Nc1cc(C(F)(F)F)ccc1Cl)Cc1ccco1. The molecule has 0 aliphatic rings. The number of furan rings is 1. The van der Waals surface area contributed by atoms with Gasteiger partial charge < -0.3 is 9.73 Å². The van der Waals surface area contributed by atoms with E-state index in [1.54, 1.807) is 17.0 Å². The van der Waals surface area contributed by atoms with E-state index in [0.717, 1.165) is 18.2 Å². The van der Waals surface area contributed by atoms with Gasteiger partial charge in [0.25, 0.3) is 0 Å². The molecule has 1 heterocycles. The van der Waals surface area contributed by atoms with Crippen molar-refractivity contribution >= 4 is 23.2 Å². The van der Waals surface area contributed by atoms with E-state index in [2.05, 4.69) is 5.32 Å². The first-order valence-electron chi connectivity index (χ1n) is 7.58. The molecule has 0 radical (unpaired) electrons. The third kappa shape index (κ3) is 5.79. The van der Waals surface area contributed by atoms with Gasteiger partial charge in [0.2, 0.25) is 5.91 Å². The number of benzene rings is 1. The first-order chi connectivity index (χ1) is 12.3. The van der Waals surface area contributed by atoms with Gasteiger partial charge in [-0.3, -0.25) is 9.69 Å². The summed E-state index contributed by atoms with van der Waals surface area (Å²) in [5.41, 5.74) is -1.03. The summed E-state index contributed by atoms with van der Waals surface area (Å²) in [6, 6.07) is 8.11. The summed E-state index contributed by atoms with van der Waals surface area (Å²) < 4.78 is 43.6. The minimum absolute atomic E-state index is 0.000888. The van der Waals surface area contributed by atoms with Gasteiger partial charge >= 0.3 is 6.18 Å². The molecule has 26 heavy (non-hydrogen) atoms. The number of carbonyl (C=O) groups is 1. The Morgan fingerprint density at radius 2 is 2.12 bits per heavy atom. The largest absolute Gasteiger partial charge is 0.468 e. The Labute approximate surface area is 153 Å². The van der Waals surface area contributed by atoms with Crippen LogP contribution in [0.25, 0.3) is 0 Å². The Morgan fingerprint density at radius 1 is 1.35 bits per heavy atom. The second-order valence-electron chi connectivity index (χ2n) is 5.44. The number of hydrogen-bond acceptors (Lipinski definition) is 4. The van der Waals surface area contributed by atoms with Crippen molar-refractivity contribution in [3.63, 3.8) is 0 Å². The van der Waals surface area contributed by atoms with Gasteiger partial charge in [0.1, 0.15) is 5.76 Å². The summed E-state index contributed by atoms with van der Waals surface area (Å²) >= 11 is 5.87. The van der Waals surface area contributed by atoms with Crippen molar-refractivity contribution in [1.29, 1.82) is 5.26 Å². The first-order valence-corrected chi connectivity index (χ1v) is 7.95. The number of amides is 1. The highest BCUT2D eigenvalue weighted by atomic mass is 35.5. The standard InChI is InChI=1S/C17H15ClF3N3O2/c18-14-5-4-12(17(19,20)21)9-15(14)23-16(25)11-24(7-2-6-22)10-13-3-1-8-26-13/h1,3-5,8-9H,2,7,10-11H2,(H,23,25). The van der Waals surface area contributed by atoms with Crippen LogP contribution in [0.2, 0.25) is 5.02 Å². The lowest BCUT2D eigenvalue weighted by Gasteiger charge is -2.20. The van der Waals surface area contributed by atoms with Gasteiger partial charge in [0.15, 0.2) is 0 Å². The van der Waals surface area contributed by atoms with Crippen LogP contribution in [0.15, 0.2) is 41.0 Å². The number of hydrogen-bond donors (Lipinski definition) is 1. The topological polar surface area (TPSA) is 69.3 Å². The van der Waals surface area contributed by atoms with Gasteiger partial charge in [-0.15, -0.1) is 0 Å². The smallest absolute Gasteiger partial charge is 0.416 e. The molecule has 5 nitrogen and oxygen atoms in total. The maximum absolute atomic E-state index is 12.8. The molecule has 0 aliphatic carbocycles. The minimum atomic E-state index is -4.54. The van der Waals surface area contributed by atoms with Gasteiger partial charge in [-0.25, -0.2) is 0 Å². The predicted octanol–water partition coefficient (Wildman–Crippen LogP) is 4.31. The molecule has 1 N–H and O–H groups in total. The van der Waals surface area contributed by atoms with Gasteiger partial charge in [0, 0.05) is 13.0 Å². The number of nitriles is 1. The quantitative estimate of drug-likeness (QED) is 0.771. The second kappa shape index (κ2) is 8.74. The van der Waals surface area contributed by atoms with Crippen molar-refractivity contribution in [3.05, 3.63) is 52.9 Å². The molecule has 0 unspecified atom stereocenters. The van der Waals surface area contributed by atoms with Crippen molar-refractivity contribution in [3.8, 4) is 6.07 Å². The third-order valence-corrected chi connectivity index (χ3v) is 3.76. The molecule has 1 aromatic carbocycles. The highest BCUT2D eigenvalue weighted by molar-refractivity contribution is 6.33. The monoisotopic (exact) mass is 385 g/mol. The fraction of sp³-hybridized carbons (Fsp3) is 0.294. The Balaban J connectivity index is 2.06. The predicted molar refractivity (Wildman–Crippen MR) is 89.3 cm³/mol. The Morgan fingerprint density at radius 3 is 2.73 bits per heavy atom. The molecule has 2 aromatic rings. The molecule has 138 valence electrons. The van der Waals surface area contributed by atoms with Gasteiger partial charge in [0.05, 0.1) is 41.7 Å². The van der Waals surface area contributed by atoms with Crippen molar-refractivity contribution in [2.24, 2.45) is 0 Å². The van der Waals surface area contributed by atoms with E-state index in [0.29, 0.717) is 18.8 Å². The summed E-state index contributed by atoms with van der Waals surface area (Å²) in [6.07, 6.45) is -2.86. The third-order valence-electron chi connectivity index (χ3n) is 3.43. The van der Waals surface area contributed by atoms with Crippen molar-refractivity contribution in [2.75, 3.05) is 18.4 Å². The van der Waals surface area contributed by atoms with Crippen molar-refractivity contribution in [2.45, 2.75) is 19.1 Å². The zero-order valence-corrected chi connectivity index (χ0v) is 14.3. The molecule has 0 fully saturated rings. The number of nitrogens with one attached hydrogen (secondary N) is 1. The molecule has 2 rings (SSSR count). The van der Waals surface area contributed by atoms with Crippen LogP contribution in [0.5, 0.6) is 0 Å². The lowest BCUT2D eigenvalue weighted by Crippen LogP contribution is -2.33. The Hall–Kier alpha value is -2.50. The van der Waals surface area contributed by atoms with Crippen molar-refractivity contribution < 1.29 is 22.4 Å². The Kier molecular flexibility index (Phi) is 6.66. The zero-order chi connectivity index (χ0) is 19.2. The van der Waals surface area contributed by atoms with E-state index < -0.39 is 17.6 Å². The van der Waals surface area contributed by atoms with Gasteiger partial charge in [-0.1, -0.05) is 11.6 Å². The summed E-state index contributed by atoms with van der Waals surface area (Å²) in [7, 11) is 0. The van der Waals surface area contributed by atoms with Crippen molar-refractivity contribution in [1.82, 2.24) is 4.90 Å².